The molecular weight excluding hydrogens is 130 g/mol. The second-order valence-corrected chi connectivity index (χ2v) is 8.40. The average molecular weight is 146 g/mol. The Balaban J connectivity index is 3.59. The molecule has 0 aromatic rings. The Morgan fingerprint density at radius 3 is 1.89 bits per heavy atom. The van der Waals surface area contributed by atoms with Gasteiger partial charge in [0.25, 0.3) is 0 Å². The molecule has 9 heavy (non-hydrogen) atoms. The molecule has 0 unspecified atom stereocenters. The first-order chi connectivity index (χ1) is 3.98. The van der Waals surface area contributed by atoms with Crippen LogP contribution in [0.15, 0.2) is 0 Å². The van der Waals surface area contributed by atoms with Crippen molar-refractivity contribution in [3.8, 4) is 0 Å². The zero-order valence-electron chi connectivity index (χ0n) is 6.77. The van der Waals surface area contributed by atoms with Gasteiger partial charge in [0.2, 0.25) is 0 Å². The second kappa shape index (κ2) is 3.34. The minimum atomic E-state index is -1.15. The van der Waals surface area contributed by atoms with Crippen molar-refractivity contribution in [2.45, 2.75) is 19.6 Å². The summed E-state index contributed by atoms with van der Waals surface area (Å²) in [6.07, 6.45) is 0. The fourth-order valence-corrected chi connectivity index (χ4v) is 1.23. The molecule has 0 aliphatic carbocycles. The van der Waals surface area contributed by atoms with Crippen molar-refractivity contribution in [2.75, 3.05) is 20.2 Å². The van der Waals surface area contributed by atoms with Crippen molar-refractivity contribution in [1.29, 1.82) is 0 Å². The molecule has 0 aromatic carbocycles. The summed E-state index contributed by atoms with van der Waals surface area (Å²) in [6.45, 7) is 7.45. The second-order valence-electron chi connectivity index (χ2n) is 3.30. The third-order valence-corrected chi connectivity index (χ3v) is 4.09. The third-order valence-electron chi connectivity index (χ3n) is 1.57. The standard InChI is InChI=1S/C6H16NOSi/c1-7(5-6-8)9(2,3)4/h5-6H2,1-4H3. The summed E-state index contributed by atoms with van der Waals surface area (Å²) in [6, 6.07) is 0. The highest BCUT2D eigenvalue weighted by molar-refractivity contribution is 6.73. The third kappa shape index (κ3) is 3.67. The van der Waals surface area contributed by atoms with Crippen LogP contribution in [0.1, 0.15) is 0 Å². The van der Waals surface area contributed by atoms with E-state index in [0.717, 1.165) is 0 Å². The van der Waals surface area contributed by atoms with E-state index in [9.17, 15) is 5.11 Å². The van der Waals surface area contributed by atoms with Crippen molar-refractivity contribution in [3.05, 3.63) is 0 Å². The predicted molar refractivity (Wildman–Crippen MR) is 41.5 cm³/mol. The van der Waals surface area contributed by atoms with Crippen LogP contribution in [0.5, 0.6) is 0 Å². The molecule has 0 aliphatic rings. The summed E-state index contributed by atoms with van der Waals surface area (Å²) < 4.78 is 2.19. The Bertz CT molecular complexity index is 79.6. The van der Waals surface area contributed by atoms with Crippen LogP contribution in [0.25, 0.3) is 0 Å². The molecule has 0 rings (SSSR count). The molecule has 0 atom stereocenters. The Kier molecular flexibility index (Phi) is 3.39. The van der Waals surface area contributed by atoms with Gasteiger partial charge in [-0.05, 0) is 7.05 Å². The Hall–Kier alpha value is 0.137. The minimum Gasteiger partial charge on any atom is -0.324 e. The van der Waals surface area contributed by atoms with Gasteiger partial charge in [0.1, 0.15) is 8.24 Å². The molecule has 0 amide bonds. The maximum atomic E-state index is 10.2. The van der Waals surface area contributed by atoms with Gasteiger partial charge in [-0.25, -0.2) is 5.11 Å². The highest BCUT2D eigenvalue weighted by Gasteiger charge is 2.18. The van der Waals surface area contributed by atoms with E-state index in [1.165, 1.54) is 0 Å². The molecule has 3 heteroatoms. The molecule has 0 aliphatic heterocycles. The van der Waals surface area contributed by atoms with Crippen LogP contribution in [0.3, 0.4) is 0 Å². The van der Waals surface area contributed by atoms with E-state index in [2.05, 4.69) is 24.2 Å². The molecule has 0 bridgehead atoms. The van der Waals surface area contributed by atoms with Crippen molar-refractivity contribution < 1.29 is 5.11 Å². The van der Waals surface area contributed by atoms with Gasteiger partial charge in [-0.3, -0.25) is 0 Å². The van der Waals surface area contributed by atoms with Crippen molar-refractivity contribution in [2.24, 2.45) is 0 Å². The molecule has 2 nitrogen and oxygen atoms in total. The van der Waals surface area contributed by atoms with Gasteiger partial charge >= 0.3 is 0 Å². The van der Waals surface area contributed by atoms with Crippen LogP contribution >= 0.6 is 0 Å². The van der Waals surface area contributed by atoms with Crippen LogP contribution in [0.4, 0.5) is 0 Å². The zero-order chi connectivity index (χ0) is 7.49. The van der Waals surface area contributed by atoms with Crippen molar-refractivity contribution >= 4 is 8.24 Å². The molecular formula is C6H16NOSi. The summed E-state index contributed by atoms with van der Waals surface area (Å²) in [5, 5.41) is 10.2. The average Bonchev–Trinajstić information content (AvgIpc) is 1.64. The summed E-state index contributed by atoms with van der Waals surface area (Å²) in [4.78, 5) is 0. The minimum absolute atomic E-state index is 0.0285. The zero-order valence-corrected chi connectivity index (χ0v) is 7.77. The largest absolute Gasteiger partial charge is 0.324 e. The molecule has 55 valence electrons. The quantitative estimate of drug-likeness (QED) is 0.548. The Labute approximate surface area is 58.6 Å². The van der Waals surface area contributed by atoms with Gasteiger partial charge in [0, 0.05) is 6.54 Å². The fraction of sp³-hybridized carbons (Fsp3) is 1.00. The molecule has 0 aromatic heterocycles. The van der Waals surface area contributed by atoms with E-state index >= 15 is 0 Å². The van der Waals surface area contributed by atoms with Gasteiger partial charge < -0.3 is 4.57 Å². The van der Waals surface area contributed by atoms with Gasteiger partial charge in [-0.1, -0.05) is 19.6 Å². The van der Waals surface area contributed by atoms with Crippen LogP contribution in [0, 0.1) is 0 Å². The summed E-state index contributed by atoms with van der Waals surface area (Å²) in [5.41, 5.74) is 0. The normalized spacial score (nSPS) is 12.7. The lowest BCUT2D eigenvalue weighted by Crippen LogP contribution is -2.44. The number of likely N-dealkylation sites (N-methyl/N-ethyl adjacent to an activating group) is 1. The Morgan fingerprint density at radius 2 is 1.78 bits per heavy atom. The molecule has 0 heterocycles. The molecule has 0 fully saturated rings. The van der Waals surface area contributed by atoms with Crippen molar-refractivity contribution in [3.63, 3.8) is 0 Å². The lowest BCUT2D eigenvalue weighted by atomic mass is 10.7. The smallest absolute Gasteiger partial charge is 0.118 e. The van der Waals surface area contributed by atoms with Crippen LogP contribution in [-0.4, -0.2) is 33.0 Å². The van der Waals surface area contributed by atoms with Gasteiger partial charge in [-0.2, -0.15) is 0 Å². The first-order valence-corrected chi connectivity index (χ1v) is 6.72. The van der Waals surface area contributed by atoms with Crippen LogP contribution < -0.4 is 0 Å². The summed E-state index contributed by atoms with van der Waals surface area (Å²) >= 11 is 0. The molecule has 0 saturated carbocycles. The first-order valence-electron chi connectivity index (χ1n) is 3.28. The summed E-state index contributed by atoms with van der Waals surface area (Å²) in [5.74, 6) is 0. The van der Waals surface area contributed by atoms with Gasteiger partial charge in [-0.15, -0.1) is 0 Å². The van der Waals surface area contributed by atoms with Gasteiger partial charge in [0.15, 0.2) is 0 Å². The molecule has 0 saturated heterocycles. The van der Waals surface area contributed by atoms with E-state index in [0.29, 0.717) is 6.54 Å². The van der Waals surface area contributed by atoms with Crippen molar-refractivity contribution in [1.82, 2.24) is 4.57 Å². The maximum Gasteiger partial charge on any atom is 0.118 e. The molecule has 1 radical (unpaired) electrons. The monoisotopic (exact) mass is 146 g/mol. The number of rotatable bonds is 3. The lowest BCUT2D eigenvalue weighted by Gasteiger charge is -2.28. The van der Waals surface area contributed by atoms with E-state index in [4.69, 9.17) is 0 Å². The molecule has 0 N–H and O–H groups in total. The number of nitrogens with zero attached hydrogens (tertiary/aromatic N) is 1. The maximum absolute atomic E-state index is 10.2. The van der Waals surface area contributed by atoms with Crippen LogP contribution in [-0.2, 0) is 5.11 Å². The van der Waals surface area contributed by atoms with Gasteiger partial charge in [0.05, 0.1) is 6.61 Å². The molecule has 0 spiro atoms. The SMILES string of the molecule is CN(CC[O])[Si](C)(C)C. The number of hydrogen-bond acceptors (Lipinski definition) is 1. The van der Waals surface area contributed by atoms with E-state index < -0.39 is 8.24 Å². The lowest BCUT2D eigenvalue weighted by molar-refractivity contribution is 0.177. The summed E-state index contributed by atoms with van der Waals surface area (Å²) in [7, 11) is 0.884. The van der Waals surface area contributed by atoms with E-state index in [1.807, 2.05) is 7.05 Å². The van der Waals surface area contributed by atoms with E-state index in [-0.39, 0.29) is 6.61 Å². The topological polar surface area (TPSA) is 23.1 Å². The number of hydrogen-bond donors (Lipinski definition) is 0. The highest BCUT2D eigenvalue weighted by Crippen LogP contribution is 2.04. The first kappa shape index (κ1) is 9.14. The predicted octanol–water partition coefficient (Wildman–Crippen LogP) is 1.18. The van der Waals surface area contributed by atoms with Crippen LogP contribution in [0.2, 0.25) is 19.6 Å². The van der Waals surface area contributed by atoms with E-state index in [1.54, 1.807) is 0 Å². The highest BCUT2D eigenvalue weighted by atomic mass is 28.3. The fourth-order valence-electron chi connectivity index (χ4n) is 0.472. The Morgan fingerprint density at radius 1 is 1.33 bits per heavy atom.